The summed E-state index contributed by atoms with van der Waals surface area (Å²) < 4.78 is 0. The minimum Gasteiger partial charge on any atom is -0.328 e. The Balaban J connectivity index is 2.09. The molecule has 1 atom stereocenters. The fourth-order valence-corrected chi connectivity index (χ4v) is 2.12. The fraction of sp³-hybridized carbons (Fsp3) is 0.700. The molecule has 6 nitrogen and oxygen atoms in total. The van der Waals surface area contributed by atoms with E-state index in [-0.39, 0.29) is 24.3 Å². The van der Waals surface area contributed by atoms with Gasteiger partial charge in [0.2, 0.25) is 17.7 Å². The highest BCUT2D eigenvalue weighted by atomic mass is 16.2. The standard InChI is InChI=1S/C10H15N3O3/c14-8-3-1-2-7(10(16)12-8)13-5-4-11-6-9(13)15/h7,11H,1-6H2,(H,12,14,16). The molecule has 0 aromatic carbocycles. The van der Waals surface area contributed by atoms with Crippen LogP contribution in [0.5, 0.6) is 0 Å². The van der Waals surface area contributed by atoms with Gasteiger partial charge in [-0.05, 0) is 12.8 Å². The molecule has 0 aromatic rings. The third-order valence-electron chi connectivity index (χ3n) is 2.95. The van der Waals surface area contributed by atoms with Crippen LogP contribution in [0, 0.1) is 0 Å². The Hall–Kier alpha value is -1.43. The number of nitrogens with one attached hydrogen (secondary N) is 2. The predicted molar refractivity (Wildman–Crippen MR) is 55.4 cm³/mol. The lowest BCUT2D eigenvalue weighted by Gasteiger charge is -2.33. The molecule has 2 N–H and O–H groups in total. The zero-order valence-corrected chi connectivity index (χ0v) is 8.99. The summed E-state index contributed by atoms with van der Waals surface area (Å²) in [4.78, 5) is 36.1. The molecule has 0 aromatic heterocycles. The zero-order valence-electron chi connectivity index (χ0n) is 8.99. The summed E-state index contributed by atoms with van der Waals surface area (Å²) in [5.74, 6) is -0.645. The van der Waals surface area contributed by atoms with E-state index in [1.165, 1.54) is 0 Å². The Morgan fingerprint density at radius 2 is 2.06 bits per heavy atom. The van der Waals surface area contributed by atoms with Gasteiger partial charge in [-0.25, -0.2) is 0 Å². The normalized spacial score (nSPS) is 27.6. The molecule has 2 fully saturated rings. The zero-order chi connectivity index (χ0) is 11.5. The molecule has 0 bridgehead atoms. The molecule has 2 heterocycles. The summed E-state index contributed by atoms with van der Waals surface area (Å²) >= 11 is 0. The first kappa shape index (κ1) is 11.1. The largest absolute Gasteiger partial charge is 0.328 e. The van der Waals surface area contributed by atoms with Crippen molar-refractivity contribution in [2.75, 3.05) is 19.6 Å². The van der Waals surface area contributed by atoms with Crippen molar-refractivity contribution in [3.05, 3.63) is 0 Å². The van der Waals surface area contributed by atoms with Crippen molar-refractivity contribution in [2.45, 2.75) is 25.3 Å². The molecule has 0 spiro atoms. The first-order chi connectivity index (χ1) is 7.68. The Labute approximate surface area is 93.4 Å². The Bertz CT molecular complexity index is 329. The van der Waals surface area contributed by atoms with Crippen molar-refractivity contribution < 1.29 is 14.4 Å². The first-order valence-electron chi connectivity index (χ1n) is 5.52. The van der Waals surface area contributed by atoms with Gasteiger partial charge in [-0.15, -0.1) is 0 Å². The number of amides is 3. The second kappa shape index (κ2) is 4.61. The van der Waals surface area contributed by atoms with Gasteiger partial charge in [0.15, 0.2) is 0 Å². The molecule has 3 amide bonds. The SMILES string of the molecule is O=C1CCCC(N2CCNCC2=O)C(=O)N1. The van der Waals surface area contributed by atoms with E-state index >= 15 is 0 Å². The number of carbonyl (C=O) groups excluding carboxylic acids is 3. The van der Waals surface area contributed by atoms with Gasteiger partial charge in [0, 0.05) is 19.5 Å². The summed E-state index contributed by atoms with van der Waals surface area (Å²) in [6.07, 6.45) is 1.59. The molecule has 1 unspecified atom stereocenters. The minimum atomic E-state index is -0.471. The van der Waals surface area contributed by atoms with Crippen LogP contribution in [0.2, 0.25) is 0 Å². The van der Waals surface area contributed by atoms with Crippen LogP contribution in [0.15, 0.2) is 0 Å². The van der Waals surface area contributed by atoms with E-state index in [9.17, 15) is 14.4 Å². The Morgan fingerprint density at radius 1 is 1.25 bits per heavy atom. The fourth-order valence-electron chi connectivity index (χ4n) is 2.12. The monoisotopic (exact) mass is 225 g/mol. The van der Waals surface area contributed by atoms with Gasteiger partial charge < -0.3 is 10.2 Å². The maximum atomic E-state index is 11.7. The van der Waals surface area contributed by atoms with E-state index in [1.807, 2.05) is 0 Å². The number of rotatable bonds is 1. The van der Waals surface area contributed by atoms with Crippen LogP contribution in [0.1, 0.15) is 19.3 Å². The summed E-state index contributed by atoms with van der Waals surface area (Å²) in [6.45, 7) is 1.51. The van der Waals surface area contributed by atoms with Gasteiger partial charge in [0.05, 0.1) is 6.54 Å². The van der Waals surface area contributed by atoms with Gasteiger partial charge in [-0.3, -0.25) is 19.7 Å². The topological polar surface area (TPSA) is 78.5 Å². The summed E-state index contributed by atoms with van der Waals surface area (Å²) in [6, 6.07) is -0.471. The number of hydrogen-bond donors (Lipinski definition) is 2. The highest BCUT2D eigenvalue weighted by Crippen LogP contribution is 2.14. The van der Waals surface area contributed by atoms with E-state index in [2.05, 4.69) is 10.6 Å². The van der Waals surface area contributed by atoms with Gasteiger partial charge in [-0.2, -0.15) is 0 Å². The highest BCUT2D eigenvalue weighted by Gasteiger charge is 2.33. The number of carbonyl (C=O) groups is 3. The van der Waals surface area contributed by atoms with Crippen molar-refractivity contribution in [2.24, 2.45) is 0 Å². The van der Waals surface area contributed by atoms with Crippen LogP contribution in [-0.4, -0.2) is 48.3 Å². The van der Waals surface area contributed by atoms with Crippen molar-refractivity contribution in [3.8, 4) is 0 Å². The second-order valence-corrected chi connectivity index (χ2v) is 4.08. The maximum Gasteiger partial charge on any atom is 0.249 e. The summed E-state index contributed by atoms with van der Waals surface area (Å²) in [7, 11) is 0. The van der Waals surface area contributed by atoms with Gasteiger partial charge in [0.25, 0.3) is 0 Å². The van der Waals surface area contributed by atoms with Crippen LogP contribution in [0.25, 0.3) is 0 Å². The molecule has 0 saturated carbocycles. The van der Waals surface area contributed by atoms with Crippen LogP contribution in [0.3, 0.4) is 0 Å². The Morgan fingerprint density at radius 3 is 2.81 bits per heavy atom. The third-order valence-corrected chi connectivity index (χ3v) is 2.95. The molecule has 2 rings (SSSR count). The van der Waals surface area contributed by atoms with Gasteiger partial charge in [-0.1, -0.05) is 0 Å². The quantitative estimate of drug-likeness (QED) is 0.539. The van der Waals surface area contributed by atoms with E-state index in [4.69, 9.17) is 0 Å². The smallest absolute Gasteiger partial charge is 0.249 e. The van der Waals surface area contributed by atoms with E-state index in [0.717, 1.165) is 0 Å². The summed E-state index contributed by atoms with van der Waals surface area (Å²) in [5, 5.41) is 5.27. The van der Waals surface area contributed by atoms with Crippen molar-refractivity contribution in [1.82, 2.24) is 15.5 Å². The average molecular weight is 225 g/mol. The van der Waals surface area contributed by atoms with Crippen LogP contribution in [-0.2, 0) is 14.4 Å². The molecule has 6 heteroatoms. The molecule has 88 valence electrons. The molecular formula is C10H15N3O3. The second-order valence-electron chi connectivity index (χ2n) is 4.08. The lowest BCUT2D eigenvalue weighted by molar-refractivity contribution is -0.142. The lowest BCUT2D eigenvalue weighted by atomic mass is 10.1. The maximum absolute atomic E-state index is 11.7. The Kier molecular flexibility index (Phi) is 3.19. The molecule has 16 heavy (non-hydrogen) atoms. The van der Waals surface area contributed by atoms with Crippen molar-refractivity contribution in [1.29, 1.82) is 0 Å². The molecule has 0 aliphatic carbocycles. The van der Waals surface area contributed by atoms with E-state index in [0.29, 0.717) is 32.4 Å². The minimum absolute atomic E-state index is 0.0688. The number of piperazine rings is 1. The van der Waals surface area contributed by atoms with Gasteiger partial charge in [0.1, 0.15) is 6.04 Å². The summed E-state index contributed by atoms with van der Waals surface area (Å²) in [5.41, 5.74) is 0. The number of imide groups is 1. The third kappa shape index (κ3) is 2.21. The van der Waals surface area contributed by atoms with Crippen LogP contribution >= 0.6 is 0 Å². The first-order valence-corrected chi connectivity index (χ1v) is 5.52. The number of nitrogens with zero attached hydrogens (tertiary/aromatic N) is 1. The molecular weight excluding hydrogens is 210 g/mol. The van der Waals surface area contributed by atoms with Crippen LogP contribution in [0.4, 0.5) is 0 Å². The lowest BCUT2D eigenvalue weighted by Crippen LogP contribution is -2.56. The molecule has 0 radical (unpaired) electrons. The average Bonchev–Trinajstić information content (AvgIpc) is 2.40. The van der Waals surface area contributed by atoms with Crippen molar-refractivity contribution >= 4 is 17.7 Å². The van der Waals surface area contributed by atoms with Crippen LogP contribution < -0.4 is 10.6 Å². The van der Waals surface area contributed by atoms with E-state index < -0.39 is 6.04 Å². The highest BCUT2D eigenvalue weighted by molar-refractivity contribution is 6.00. The van der Waals surface area contributed by atoms with E-state index in [1.54, 1.807) is 4.90 Å². The predicted octanol–water partition coefficient (Wildman–Crippen LogP) is -1.39. The molecule has 2 aliphatic rings. The van der Waals surface area contributed by atoms with Gasteiger partial charge >= 0.3 is 0 Å². The molecule has 2 aliphatic heterocycles. The number of hydrogen-bond acceptors (Lipinski definition) is 4. The molecule has 2 saturated heterocycles. The van der Waals surface area contributed by atoms with Crippen molar-refractivity contribution in [3.63, 3.8) is 0 Å².